The van der Waals surface area contributed by atoms with Gasteiger partial charge in [-0.05, 0) is 29.8 Å². The third-order valence-corrected chi connectivity index (χ3v) is 3.31. The fourth-order valence-corrected chi connectivity index (χ4v) is 2.38. The Balaban J connectivity index is 2.20. The first kappa shape index (κ1) is 12.9. The summed E-state index contributed by atoms with van der Waals surface area (Å²) in [4.78, 5) is 24.6. The van der Waals surface area contributed by atoms with Crippen molar-refractivity contribution in [2.45, 2.75) is 0 Å². The first-order valence-electron chi connectivity index (χ1n) is 6.20. The van der Waals surface area contributed by atoms with E-state index in [2.05, 4.69) is 0 Å². The van der Waals surface area contributed by atoms with E-state index in [1.54, 1.807) is 24.3 Å². The van der Waals surface area contributed by atoms with Crippen molar-refractivity contribution in [3.8, 4) is 11.5 Å². The number of Topliss-reactive ketones (excluding diaryl/α,β-unsaturated/α-hetero) is 1. The highest BCUT2D eigenvalue weighted by molar-refractivity contribution is 6.39. The molecule has 104 valence electrons. The van der Waals surface area contributed by atoms with E-state index in [1.807, 2.05) is 0 Å². The molecule has 4 N–H and O–H groups in total. The van der Waals surface area contributed by atoms with Crippen molar-refractivity contribution >= 4 is 22.8 Å². The topological polar surface area (TPSA) is 101 Å². The summed E-state index contributed by atoms with van der Waals surface area (Å²) in [6.07, 6.45) is 1.18. The number of phenols is 2. The van der Waals surface area contributed by atoms with Crippen molar-refractivity contribution in [1.29, 1.82) is 0 Å². The fraction of sp³-hybridized carbons (Fsp3) is 0. The zero-order chi connectivity index (χ0) is 15.1. The van der Waals surface area contributed by atoms with E-state index in [9.17, 15) is 19.8 Å². The summed E-state index contributed by atoms with van der Waals surface area (Å²) in [5.41, 5.74) is 6.75. The Morgan fingerprint density at radius 1 is 1.00 bits per heavy atom. The molecule has 0 aromatic heterocycles. The van der Waals surface area contributed by atoms with Crippen LogP contribution in [0.4, 0.5) is 5.69 Å². The minimum absolute atomic E-state index is 0.0163. The lowest BCUT2D eigenvalue weighted by atomic mass is 9.85. The van der Waals surface area contributed by atoms with E-state index in [-0.39, 0.29) is 22.4 Å². The highest BCUT2D eigenvalue weighted by Gasteiger charge is 2.29. The maximum absolute atomic E-state index is 12.5. The molecule has 0 bridgehead atoms. The lowest BCUT2D eigenvalue weighted by molar-refractivity contribution is 0.0999. The Morgan fingerprint density at radius 3 is 2.48 bits per heavy atom. The van der Waals surface area contributed by atoms with Crippen LogP contribution in [-0.2, 0) is 0 Å². The minimum Gasteiger partial charge on any atom is -0.508 e. The summed E-state index contributed by atoms with van der Waals surface area (Å²) in [7, 11) is 0. The zero-order valence-electron chi connectivity index (χ0n) is 10.8. The second-order valence-electron chi connectivity index (χ2n) is 4.76. The number of phenolic OH excluding ortho intramolecular Hbond substituents is 2. The normalized spacial score (nSPS) is 13.8. The number of aromatic hydroxyl groups is 2. The van der Waals surface area contributed by atoms with Crippen LogP contribution in [0.25, 0.3) is 5.57 Å². The van der Waals surface area contributed by atoms with Crippen LogP contribution in [0.3, 0.4) is 0 Å². The van der Waals surface area contributed by atoms with Gasteiger partial charge in [0.1, 0.15) is 11.5 Å². The molecule has 0 heterocycles. The fourth-order valence-electron chi connectivity index (χ4n) is 2.38. The molecule has 2 aromatic rings. The maximum atomic E-state index is 12.5. The van der Waals surface area contributed by atoms with Gasteiger partial charge in [0.05, 0.1) is 5.56 Å². The summed E-state index contributed by atoms with van der Waals surface area (Å²) in [5.74, 6) is -1.62. The molecular formula is C16H11NO4. The summed E-state index contributed by atoms with van der Waals surface area (Å²) in [6.45, 7) is 0. The van der Waals surface area contributed by atoms with Crippen molar-refractivity contribution < 1.29 is 19.8 Å². The number of fused-ring (bicyclic) bond motifs is 1. The summed E-state index contributed by atoms with van der Waals surface area (Å²) < 4.78 is 0. The molecule has 0 radical (unpaired) electrons. The molecule has 1 aliphatic carbocycles. The van der Waals surface area contributed by atoms with Crippen molar-refractivity contribution in [1.82, 2.24) is 0 Å². The Morgan fingerprint density at radius 2 is 1.76 bits per heavy atom. The van der Waals surface area contributed by atoms with Gasteiger partial charge in [0.15, 0.2) is 11.6 Å². The maximum Gasteiger partial charge on any atom is 0.194 e. The minimum atomic E-state index is -0.487. The Bertz CT molecular complexity index is 821. The van der Waals surface area contributed by atoms with Gasteiger partial charge >= 0.3 is 0 Å². The van der Waals surface area contributed by atoms with Crippen LogP contribution in [0.15, 0.2) is 42.5 Å². The summed E-state index contributed by atoms with van der Waals surface area (Å²) in [6, 6.07) is 8.81. The van der Waals surface area contributed by atoms with Crippen molar-refractivity contribution in [3.63, 3.8) is 0 Å². The number of nitrogens with two attached hydrogens (primary N) is 1. The van der Waals surface area contributed by atoms with Crippen LogP contribution >= 0.6 is 0 Å². The third kappa shape index (κ3) is 2.04. The molecule has 0 saturated heterocycles. The van der Waals surface area contributed by atoms with E-state index >= 15 is 0 Å². The first-order valence-corrected chi connectivity index (χ1v) is 6.20. The second kappa shape index (κ2) is 4.49. The summed E-state index contributed by atoms with van der Waals surface area (Å²) in [5, 5.41) is 19.3. The lowest BCUT2D eigenvalue weighted by Gasteiger charge is -2.16. The van der Waals surface area contributed by atoms with Gasteiger partial charge < -0.3 is 15.9 Å². The van der Waals surface area contributed by atoms with Crippen LogP contribution in [0, 0.1) is 0 Å². The van der Waals surface area contributed by atoms with E-state index in [1.165, 1.54) is 12.1 Å². The first-order chi connectivity index (χ1) is 9.97. The number of benzene rings is 2. The predicted octanol–water partition coefficient (Wildman–Crippen LogP) is 2.14. The number of allylic oxidation sites excluding steroid dienone is 2. The van der Waals surface area contributed by atoms with Gasteiger partial charge in [0.2, 0.25) is 0 Å². The molecule has 0 aliphatic heterocycles. The van der Waals surface area contributed by atoms with Gasteiger partial charge in [0.25, 0.3) is 0 Å². The molecule has 5 heteroatoms. The van der Waals surface area contributed by atoms with Gasteiger partial charge in [-0.2, -0.15) is 0 Å². The van der Waals surface area contributed by atoms with Gasteiger partial charge in [0, 0.05) is 22.9 Å². The highest BCUT2D eigenvalue weighted by atomic mass is 16.3. The summed E-state index contributed by atoms with van der Waals surface area (Å²) >= 11 is 0. The van der Waals surface area contributed by atoms with Gasteiger partial charge in [-0.25, -0.2) is 0 Å². The number of rotatable bonds is 1. The average molecular weight is 281 g/mol. The van der Waals surface area contributed by atoms with Crippen molar-refractivity contribution in [2.24, 2.45) is 0 Å². The molecular weight excluding hydrogens is 270 g/mol. The molecule has 0 amide bonds. The predicted molar refractivity (Wildman–Crippen MR) is 77.3 cm³/mol. The van der Waals surface area contributed by atoms with E-state index < -0.39 is 17.3 Å². The number of nitrogen functional groups attached to an aromatic ring is 1. The Kier molecular flexibility index (Phi) is 2.76. The van der Waals surface area contributed by atoms with Crippen LogP contribution in [0.1, 0.15) is 26.3 Å². The number of carbonyl (C=O) groups excluding carboxylic acids is 2. The Labute approximate surface area is 120 Å². The zero-order valence-corrected chi connectivity index (χ0v) is 10.8. The van der Waals surface area contributed by atoms with Crippen LogP contribution in [0.2, 0.25) is 0 Å². The standard InChI is InChI=1S/C16H11NO4/c17-9-3-1-2-8(4-9)11-7-14(20)15-12(16(11)21)5-10(18)6-13(15)19/h1-7,18-19H,17H2. The lowest BCUT2D eigenvalue weighted by Crippen LogP contribution is -2.16. The second-order valence-corrected chi connectivity index (χ2v) is 4.76. The SMILES string of the molecule is Nc1cccc(C2=CC(=O)c3c(O)cc(O)cc3C2=O)c1. The van der Waals surface area contributed by atoms with Crippen LogP contribution in [-0.4, -0.2) is 21.8 Å². The van der Waals surface area contributed by atoms with Gasteiger partial charge in [-0.15, -0.1) is 0 Å². The molecule has 0 fully saturated rings. The van der Waals surface area contributed by atoms with Crippen LogP contribution < -0.4 is 5.73 Å². The molecule has 1 aliphatic rings. The Hall–Kier alpha value is -3.08. The number of carbonyl (C=O) groups is 2. The van der Waals surface area contributed by atoms with Crippen LogP contribution in [0.5, 0.6) is 11.5 Å². The number of hydrogen-bond acceptors (Lipinski definition) is 5. The smallest absolute Gasteiger partial charge is 0.194 e. The molecule has 0 spiro atoms. The number of ketones is 2. The van der Waals surface area contributed by atoms with Gasteiger partial charge in [-0.3, -0.25) is 9.59 Å². The monoisotopic (exact) mass is 281 g/mol. The third-order valence-electron chi connectivity index (χ3n) is 3.31. The highest BCUT2D eigenvalue weighted by Crippen LogP contribution is 2.35. The van der Waals surface area contributed by atoms with E-state index in [0.717, 1.165) is 6.07 Å². The number of anilines is 1. The number of hydrogen-bond donors (Lipinski definition) is 3. The average Bonchev–Trinajstić information content (AvgIpc) is 2.42. The molecule has 0 saturated carbocycles. The van der Waals surface area contributed by atoms with Crippen molar-refractivity contribution in [2.75, 3.05) is 5.73 Å². The quantitative estimate of drug-likeness (QED) is 0.695. The van der Waals surface area contributed by atoms with E-state index in [0.29, 0.717) is 11.3 Å². The molecule has 3 rings (SSSR count). The van der Waals surface area contributed by atoms with E-state index in [4.69, 9.17) is 5.73 Å². The molecule has 21 heavy (non-hydrogen) atoms. The largest absolute Gasteiger partial charge is 0.508 e. The molecule has 0 atom stereocenters. The molecule has 0 unspecified atom stereocenters. The van der Waals surface area contributed by atoms with Gasteiger partial charge in [-0.1, -0.05) is 12.1 Å². The molecule has 5 nitrogen and oxygen atoms in total. The molecule has 2 aromatic carbocycles. The van der Waals surface area contributed by atoms with Crippen molar-refractivity contribution in [3.05, 3.63) is 59.2 Å².